The Balaban J connectivity index is 0.000000137. The Morgan fingerprint density at radius 3 is 0.929 bits per heavy atom. The summed E-state index contributed by atoms with van der Waals surface area (Å²) < 4.78 is 4.66. The van der Waals surface area contributed by atoms with Crippen LogP contribution in [0.4, 0.5) is 0 Å². The van der Waals surface area contributed by atoms with E-state index in [9.17, 15) is 0 Å². The normalized spacial score (nSPS) is 11.7. The number of hydrogen-bond acceptors (Lipinski definition) is 2. The second-order valence-electron chi connectivity index (χ2n) is 25.4. The highest BCUT2D eigenvalue weighted by Gasteiger charge is 2.26. The molecule has 0 bridgehead atoms. The van der Waals surface area contributed by atoms with Crippen molar-refractivity contribution in [1.82, 2.24) is 19.1 Å². The molecule has 20 aromatic rings. The Labute approximate surface area is 566 Å². The Bertz CT molecular complexity index is 6400. The van der Waals surface area contributed by atoms with Gasteiger partial charge in [0.15, 0.2) is 0 Å². The van der Waals surface area contributed by atoms with Crippen LogP contribution in [0.5, 0.6) is 0 Å². The topological polar surface area (TPSA) is 35.6 Å². The minimum Gasteiger partial charge on any atom is -0.292 e. The van der Waals surface area contributed by atoms with E-state index in [-0.39, 0.29) is 0 Å². The summed E-state index contributed by atoms with van der Waals surface area (Å²) >= 11 is 0. The second kappa shape index (κ2) is 23.5. The third-order valence-electron chi connectivity index (χ3n) is 19.9. The molecule has 0 aliphatic carbocycles. The Morgan fingerprint density at radius 1 is 0.184 bits per heavy atom. The molecule has 0 atom stereocenters. The molecule has 4 nitrogen and oxygen atoms in total. The van der Waals surface area contributed by atoms with Gasteiger partial charge in [0.1, 0.15) is 11.6 Å². The number of imidazole rings is 2. The molecule has 0 spiro atoms. The van der Waals surface area contributed by atoms with E-state index in [0.717, 1.165) is 56.2 Å². The van der Waals surface area contributed by atoms with E-state index in [1.54, 1.807) is 0 Å². The summed E-state index contributed by atoms with van der Waals surface area (Å²) in [5.41, 5.74) is 18.4. The number of nitrogens with zero attached hydrogens (tertiary/aromatic N) is 4. The van der Waals surface area contributed by atoms with Crippen LogP contribution < -0.4 is 0 Å². The number of aromatic nitrogens is 4. The van der Waals surface area contributed by atoms with Crippen molar-refractivity contribution in [1.29, 1.82) is 0 Å². The predicted molar refractivity (Wildman–Crippen MR) is 415 cm³/mol. The Morgan fingerprint density at radius 2 is 0.500 bits per heavy atom. The van der Waals surface area contributed by atoms with Crippen LogP contribution >= 0.6 is 0 Å². The lowest BCUT2D eigenvalue weighted by molar-refractivity contribution is 1.11. The standard InChI is InChI=1S/2C47H30N2/c1-3-17-32(18-4-1)47-48-43-30-42(35-23-9-14-28-41(35)46(43)49(47)33-20-5-2-6-21-33)45-39-26-12-10-24-37(39)44(38-25-11-13-27-40(38)45)36-29-15-19-31-16-7-8-22-34(31)36;1-3-16-32(17-4-1)47-48-43-30-42(36-21-9-14-26-41(36)46(43)49(47)35-19-5-2-6-20-35)45-39-24-12-10-22-37(39)44(38-23-11-13-25-40(38)45)34-28-27-31-15-7-8-18-33(31)29-34/h2*1-30H. The van der Waals surface area contributed by atoms with Crippen LogP contribution in [0.3, 0.4) is 0 Å². The fourth-order valence-corrected chi connectivity index (χ4v) is 15.7. The third-order valence-corrected chi connectivity index (χ3v) is 19.9. The Kier molecular flexibility index (Phi) is 13.5. The van der Waals surface area contributed by atoms with Gasteiger partial charge in [-0.25, -0.2) is 9.97 Å². The average molecular weight is 1250 g/mol. The van der Waals surface area contributed by atoms with Crippen molar-refractivity contribution in [3.8, 4) is 78.7 Å². The smallest absolute Gasteiger partial charge is 0.145 e. The number of hydrogen-bond donors (Lipinski definition) is 0. The maximum atomic E-state index is 5.42. The van der Waals surface area contributed by atoms with E-state index >= 15 is 0 Å². The predicted octanol–water partition coefficient (Wildman–Crippen LogP) is 25.3. The first kappa shape index (κ1) is 56.5. The van der Waals surface area contributed by atoms with Crippen LogP contribution in [0.1, 0.15) is 0 Å². The quantitative estimate of drug-likeness (QED) is 0.142. The van der Waals surface area contributed by atoms with Gasteiger partial charge in [0.2, 0.25) is 0 Å². The molecule has 0 radical (unpaired) electrons. The van der Waals surface area contributed by atoms with Gasteiger partial charge < -0.3 is 0 Å². The van der Waals surface area contributed by atoms with Crippen LogP contribution in [0, 0.1) is 0 Å². The summed E-state index contributed by atoms with van der Waals surface area (Å²) in [6.45, 7) is 0. The van der Waals surface area contributed by atoms with Crippen molar-refractivity contribution >= 4 is 108 Å². The van der Waals surface area contributed by atoms with Crippen molar-refractivity contribution in [3.63, 3.8) is 0 Å². The fourth-order valence-electron chi connectivity index (χ4n) is 15.7. The maximum absolute atomic E-state index is 5.42. The third kappa shape index (κ3) is 9.22. The van der Waals surface area contributed by atoms with Gasteiger partial charge in [-0.05, 0) is 162 Å². The lowest BCUT2D eigenvalue weighted by Crippen LogP contribution is -1.98. The van der Waals surface area contributed by atoms with Crippen LogP contribution in [0.2, 0.25) is 0 Å². The van der Waals surface area contributed by atoms with Crippen LogP contribution in [-0.4, -0.2) is 19.1 Å². The zero-order valence-corrected chi connectivity index (χ0v) is 53.4. The summed E-state index contributed by atoms with van der Waals surface area (Å²) in [4.78, 5) is 10.8. The Hall–Kier alpha value is -13.0. The van der Waals surface area contributed by atoms with E-state index < -0.39 is 0 Å². The van der Waals surface area contributed by atoms with Gasteiger partial charge in [-0.3, -0.25) is 9.13 Å². The molecule has 4 heteroatoms. The molecule has 98 heavy (non-hydrogen) atoms. The molecule has 0 saturated carbocycles. The summed E-state index contributed by atoms with van der Waals surface area (Å²) in [5, 5.41) is 19.7. The average Bonchev–Trinajstić information content (AvgIpc) is 1.20. The van der Waals surface area contributed by atoms with Gasteiger partial charge >= 0.3 is 0 Å². The zero-order valence-electron chi connectivity index (χ0n) is 53.4. The lowest BCUT2D eigenvalue weighted by Gasteiger charge is -2.20. The van der Waals surface area contributed by atoms with Gasteiger partial charge in [0.05, 0.1) is 22.1 Å². The highest BCUT2D eigenvalue weighted by Crippen LogP contribution is 2.51. The SMILES string of the molecule is c1ccc(-c2nc3cc(-c4c5ccccc5c(-c5ccc6ccccc6c5)c5ccccc45)c4ccccc4c3n2-c2ccccc2)cc1.c1ccc(-c2nc3cc(-c4c5ccccc5c(-c5cccc6ccccc56)c5ccccc45)c4ccccc4c3n2-c2ccccc2)cc1. The summed E-state index contributed by atoms with van der Waals surface area (Å²) in [7, 11) is 0. The van der Waals surface area contributed by atoms with E-state index in [1.165, 1.54) is 131 Å². The van der Waals surface area contributed by atoms with E-state index in [4.69, 9.17) is 9.97 Å². The first-order chi connectivity index (χ1) is 48.7. The first-order valence-corrected chi connectivity index (χ1v) is 33.6. The molecule has 0 amide bonds. The van der Waals surface area contributed by atoms with Crippen LogP contribution in [0.15, 0.2) is 364 Å². The largest absolute Gasteiger partial charge is 0.292 e. The van der Waals surface area contributed by atoms with E-state index in [2.05, 4.69) is 373 Å². The van der Waals surface area contributed by atoms with Crippen LogP contribution in [0.25, 0.3) is 187 Å². The van der Waals surface area contributed by atoms with Crippen molar-refractivity contribution in [2.75, 3.05) is 0 Å². The van der Waals surface area contributed by atoms with Crippen molar-refractivity contribution < 1.29 is 0 Å². The van der Waals surface area contributed by atoms with Crippen LogP contribution in [-0.2, 0) is 0 Å². The van der Waals surface area contributed by atoms with Gasteiger partial charge in [0, 0.05) is 33.3 Å². The number of rotatable bonds is 8. The molecule has 0 N–H and O–H groups in total. The summed E-state index contributed by atoms with van der Waals surface area (Å²) in [6.07, 6.45) is 0. The van der Waals surface area contributed by atoms with Crippen molar-refractivity contribution in [3.05, 3.63) is 364 Å². The minimum atomic E-state index is 0.935. The molecule has 0 aliphatic rings. The molecule has 2 aromatic heterocycles. The van der Waals surface area contributed by atoms with E-state index in [0.29, 0.717) is 0 Å². The molecular weight excluding hydrogens is 1190 g/mol. The van der Waals surface area contributed by atoms with Gasteiger partial charge in [-0.1, -0.05) is 322 Å². The minimum absolute atomic E-state index is 0.935. The van der Waals surface area contributed by atoms with Crippen molar-refractivity contribution in [2.24, 2.45) is 0 Å². The molecule has 20 rings (SSSR count). The number of para-hydroxylation sites is 2. The zero-order chi connectivity index (χ0) is 64.6. The van der Waals surface area contributed by atoms with Gasteiger partial charge in [-0.15, -0.1) is 0 Å². The monoisotopic (exact) mass is 1240 g/mol. The molecule has 18 aromatic carbocycles. The molecular formula is C94H60N4. The highest BCUT2D eigenvalue weighted by atomic mass is 15.1. The summed E-state index contributed by atoms with van der Waals surface area (Å²) in [5.74, 6) is 1.87. The number of fused-ring (bicyclic) bond motifs is 12. The second-order valence-corrected chi connectivity index (χ2v) is 25.4. The molecule has 0 fully saturated rings. The fraction of sp³-hybridized carbons (Fsp3) is 0. The van der Waals surface area contributed by atoms with Gasteiger partial charge in [-0.2, -0.15) is 0 Å². The van der Waals surface area contributed by atoms with Crippen molar-refractivity contribution in [2.45, 2.75) is 0 Å². The molecule has 456 valence electrons. The first-order valence-electron chi connectivity index (χ1n) is 33.6. The highest BCUT2D eigenvalue weighted by molar-refractivity contribution is 6.28. The lowest BCUT2D eigenvalue weighted by atomic mass is 9.83. The molecule has 2 heterocycles. The molecule has 0 saturated heterocycles. The molecule has 0 unspecified atom stereocenters. The maximum Gasteiger partial charge on any atom is 0.145 e. The molecule has 0 aliphatic heterocycles. The number of benzene rings is 18. The summed E-state index contributed by atoms with van der Waals surface area (Å²) in [6, 6.07) is 131. The van der Waals surface area contributed by atoms with Gasteiger partial charge in [0.25, 0.3) is 0 Å². The van der Waals surface area contributed by atoms with E-state index in [1.807, 2.05) is 0 Å².